The second-order valence-electron chi connectivity index (χ2n) is 2.57. The van der Waals surface area contributed by atoms with Crippen LogP contribution in [0.3, 0.4) is 0 Å². The number of hydrogen-bond donors (Lipinski definition) is 1. The minimum absolute atomic E-state index is 0.0174. The van der Waals surface area contributed by atoms with Crippen molar-refractivity contribution in [1.29, 1.82) is 0 Å². The third-order valence-corrected chi connectivity index (χ3v) is 1.65. The van der Waals surface area contributed by atoms with Crippen molar-refractivity contribution < 1.29 is 14.4 Å². The molecular formula is C8H13NO3. The lowest BCUT2D eigenvalue weighted by Crippen LogP contribution is -2.32. The highest BCUT2D eigenvalue weighted by Crippen LogP contribution is 1.97. The molecule has 0 fully saturated rings. The Kier molecular flexibility index (Phi) is 5.12. The number of aldehydes is 1. The molecule has 0 saturated heterocycles. The molecule has 4 heteroatoms. The van der Waals surface area contributed by atoms with Crippen LogP contribution in [0.4, 0.5) is 0 Å². The molecule has 1 N–H and O–H groups in total. The fraction of sp³-hybridized carbons (Fsp3) is 0.625. The van der Waals surface area contributed by atoms with Crippen molar-refractivity contribution in [2.75, 3.05) is 7.05 Å². The summed E-state index contributed by atoms with van der Waals surface area (Å²) in [6.45, 7) is 1.45. The van der Waals surface area contributed by atoms with Gasteiger partial charge < -0.3 is 5.32 Å². The van der Waals surface area contributed by atoms with E-state index in [1.54, 1.807) is 7.05 Å². The molecule has 0 saturated carbocycles. The van der Waals surface area contributed by atoms with E-state index in [0.717, 1.165) is 0 Å². The van der Waals surface area contributed by atoms with E-state index in [2.05, 4.69) is 5.32 Å². The van der Waals surface area contributed by atoms with Crippen LogP contribution in [-0.4, -0.2) is 30.9 Å². The van der Waals surface area contributed by atoms with Gasteiger partial charge in [0, 0.05) is 6.42 Å². The van der Waals surface area contributed by atoms with Crippen molar-refractivity contribution in [3.05, 3.63) is 0 Å². The fourth-order valence-electron chi connectivity index (χ4n) is 0.896. The Morgan fingerprint density at radius 1 is 1.50 bits per heavy atom. The summed E-state index contributed by atoms with van der Waals surface area (Å²) in [6.07, 6.45) is 0.810. The van der Waals surface area contributed by atoms with Gasteiger partial charge in [-0.1, -0.05) is 0 Å². The van der Waals surface area contributed by atoms with E-state index >= 15 is 0 Å². The summed E-state index contributed by atoms with van der Waals surface area (Å²) in [5.74, 6) is -0.479. The molecule has 0 aromatic carbocycles. The fourth-order valence-corrected chi connectivity index (χ4v) is 0.896. The number of carbonyl (C=O) groups excluding carboxylic acids is 3. The molecule has 0 aliphatic rings. The molecule has 12 heavy (non-hydrogen) atoms. The van der Waals surface area contributed by atoms with Crippen LogP contribution in [-0.2, 0) is 14.4 Å². The summed E-state index contributed by atoms with van der Waals surface area (Å²) < 4.78 is 0. The van der Waals surface area contributed by atoms with Gasteiger partial charge in [-0.2, -0.15) is 0 Å². The third kappa shape index (κ3) is 3.98. The number of rotatable bonds is 6. The number of hydrogen-bond acceptors (Lipinski definition) is 4. The molecule has 0 aliphatic heterocycles. The van der Waals surface area contributed by atoms with Crippen molar-refractivity contribution in [3.63, 3.8) is 0 Å². The minimum Gasteiger partial charge on any atom is -0.311 e. The molecule has 0 aromatic rings. The highest BCUT2D eigenvalue weighted by atomic mass is 16.2. The second kappa shape index (κ2) is 5.60. The van der Waals surface area contributed by atoms with Gasteiger partial charge in [-0.3, -0.25) is 14.4 Å². The maximum absolute atomic E-state index is 10.8. The van der Waals surface area contributed by atoms with Crippen molar-refractivity contribution in [3.8, 4) is 0 Å². The topological polar surface area (TPSA) is 63.2 Å². The van der Waals surface area contributed by atoms with Gasteiger partial charge in [0.05, 0.1) is 6.04 Å². The van der Waals surface area contributed by atoms with Crippen LogP contribution in [0, 0.1) is 0 Å². The lowest BCUT2D eigenvalue weighted by atomic mass is 10.1. The van der Waals surface area contributed by atoms with Gasteiger partial charge in [-0.15, -0.1) is 0 Å². The zero-order chi connectivity index (χ0) is 9.56. The predicted molar refractivity (Wildman–Crippen MR) is 43.8 cm³/mol. The van der Waals surface area contributed by atoms with E-state index in [9.17, 15) is 14.4 Å². The largest absolute Gasteiger partial charge is 0.311 e. The summed E-state index contributed by atoms with van der Waals surface area (Å²) in [5, 5.41) is 2.76. The normalized spacial score (nSPS) is 12.2. The molecule has 0 aliphatic carbocycles. The first kappa shape index (κ1) is 11.0. The number of ketones is 2. The highest BCUT2D eigenvalue weighted by molar-refractivity contribution is 6.24. The van der Waals surface area contributed by atoms with E-state index in [-0.39, 0.29) is 24.5 Å². The van der Waals surface area contributed by atoms with Crippen LogP contribution in [0.1, 0.15) is 19.8 Å². The van der Waals surface area contributed by atoms with Gasteiger partial charge in [0.15, 0.2) is 12.1 Å². The summed E-state index contributed by atoms with van der Waals surface area (Å²) in [5.41, 5.74) is 0. The van der Waals surface area contributed by atoms with Gasteiger partial charge in [0.25, 0.3) is 0 Å². The van der Waals surface area contributed by atoms with E-state index in [1.807, 2.05) is 0 Å². The number of Topliss-reactive ketones (excluding diaryl/α,β-unsaturated/α-hetero) is 2. The third-order valence-electron chi connectivity index (χ3n) is 1.65. The monoisotopic (exact) mass is 171 g/mol. The van der Waals surface area contributed by atoms with Crippen LogP contribution < -0.4 is 5.32 Å². The Bertz CT molecular complexity index is 189. The second-order valence-corrected chi connectivity index (χ2v) is 2.57. The average Bonchev–Trinajstić information content (AvgIpc) is 2.04. The zero-order valence-corrected chi connectivity index (χ0v) is 7.29. The van der Waals surface area contributed by atoms with E-state index in [4.69, 9.17) is 0 Å². The highest BCUT2D eigenvalue weighted by Gasteiger charge is 2.12. The summed E-state index contributed by atoms with van der Waals surface area (Å²) >= 11 is 0. The SMILES string of the molecule is CN[C@@H](CCC(=O)C=O)C(C)=O. The van der Waals surface area contributed by atoms with E-state index < -0.39 is 5.78 Å². The maximum atomic E-state index is 10.8. The van der Waals surface area contributed by atoms with Gasteiger partial charge >= 0.3 is 0 Å². The lowest BCUT2D eigenvalue weighted by Gasteiger charge is -2.09. The number of likely N-dealkylation sites (N-methyl/N-ethyl adjacent to an activating group) is 1. The van der Waals surface area contributed by atoms with Crippen LogP contribution in [0.5, 0.6) is 0 Å². The van der Waals surface area contributed by atoms with Crippen LogP contribution >= 0.6 is 0 Å². The lowest BCUT2D eigenvalue weighted by molar-refractivity contribution is -0.130. The molecule has 0 rings (SSSR count). The van der Waals surface area contributed by atoms with Gasteiger partial charge in [0.2, 0.25) is 0 Å². The van der Waals surface area contributed by atoms with Crippen molar-refractivity contribution in [2.45, 2.75) is 25.8 Å². The van der Waals surface area contributed by atoms with E-state index in [1.165, 1.54) is 6.92 Å². The average molecular weight is 171 g/mol. The molecule has 0 heterocycles. The zero-order valence-electron chi connectivity index (χ0n) is 7.29. The van der Waals surface area contributed by atoms with Crippen LogP contribution in [0.15, 0.2) is 0 Å². The molecule has 0 spiro atoms. The van der Waals surface area contributed by atoms with Crippen molar-refractivity contribution in [1.82, 2.24) is 5.32 Å². The van der Waals surface area contributed by atoms with Crippen molar-refractivity contribution in [2.24, 2.45) is 0 Å². The minimum atomic E-state index is -0.462. The quantitative estimate of drug-likeness (QED) is 0.440. The molecule has 68 valence electrons. The Labute approximate surface area is 71.3 Å². The summed E-state index contributed by atoms with van der Waals surface area (Å²) in [7, 11) is 1.65. The summed E-state index contributed by atoms with van der Waals surface area (Å²) in [4.78, 5) is 31.3. The predicted octanol–water partition coefficient (Wildman–Crippen LogP) is -0.288. The van der Waals surface area contributed by atoms with Gasteiger partial charge in [0.1, 0.15) is 5.78 Å². The molecule has 0 radical (unpaired) electrons. The standard InChI is InChI=1S/C8H13NO3/c1-6(11)8(9-2)4-3-7(12)5-10/h5,8-9H,3-4H2,1-2H3/t8-/m0/s1. The molecule has 0 unspecified atom stereocenters. The molecule has 0 bridgehead atoms. The summed E-state index contributed by atoms with van der Waals surface area (Å²) in [6, 6.07) is -0.311. The first-order valence-corrected chi connectivity index (χ1v) is 3.77. The first-order valence-electron chi connectivity index (χ1n) is 3.77. The smallest absolute Gasteiger partial charge is 0.195 e. The van der Waals surface area contributed by atoms with Gasteiger partial charge in [-0.05, 0) is 20.4 Å². The molecule has 4 nitrogen and oxygen atoms in total. The molecule has 0 amide bonds. The number of nitrogens with one attached hydrogen (secondary N) is 1. The number of carbonyl (C=O) groups is 3. The van der Waals surface area contributed by atoms with Gasteiger partial charge in [-0.25, -0.2) is 0 Å². The van der Waals surface area contributed by atoms with Crippen LogP contribution in [0.25, 0.3) is 0 Å². The molecule has 0 aromatic heterocycles. The molecule has 1 atom stereocenters. The van der Waals surface area contributed by atoms with Crippen molar-refractivity contribution >= 4 is 17.9 Å². The van der Waals surface area contributed by atoms with E-state index in [0.29, 0.717) is 6.42 Å². The Morgan fingerprint density at radius 2 is 2.08 bits per heavy atom. The van der Waals surface area contributed by atoms with Crippen LogP contribution in [0.2, 0.25) is 0 Å². The maximum Gasteiger partial charge on any atom is 0.195 e. The molecular weight excluding hydrogens is 158 g/mol. The Balaban J connectivity index is 3.80. The Morgan fingerprint density at radius 3 is 2.42 bits per heavy atom. The first-order chi connectivity index (χ1) is 5.61. The Hall–Kier alpha value is -1.03.